The topological polar surface area (TPSA) is 78.3 Å². The van der Waals surface area contributed by atoms with Crippen LogP contribution in [-0.2, 0) is 4.79 Å². The van der Waals surface area contributed by atoms with Gasteiger partial charge in [-0.15, -0.1) is 10.2 Å². The number of fused-ring (bicyclic) bond motifs is 1. The fourth-order valence-electron chi connectivity index (χ4n) is 3.18. The summed E-state index contributed by atoms with van der Waals surface area (Å²) in [6.45, 7) is 0.342. The molecular formula is C21H20N4O3S. The first kappa shape index (κ1) is 18.1. The minimum absolute atomic E-state index is 0.0211. The SMILES string of the molecule is O=C(CSc1nnc([C@@H]2COc3ccccc3O2)n1-c1ccccc1)NC1CC1. The number of hydrogen-bond donors (Lipinski definition) is 1. The van der Waals surface area contributed by atoms with E-state index in [1.54, 1.807) is 0 Å². The molecule has 1 fully saturated rings. The highest BCUT2D eigenvalue weighted by atomic mass is 32.2. The molecule has 1 atom stereocenters. The van der Waals surface area contributed by atoms with E-state index in [0.29, 0.717) is 35.1 Å². The van der Waals surface area contributed by atoms with Crippen LogP contribution in [0.3, 0.4) is 0 Å². The lowest BCUT2D eigenvalue weighted by atomic mass is 10.2. The summed E-state index contributed by atoms with van der Waals surface area (Å²) in [5, 5.41) is 12.4. The highest BCUT2D eigenvalue weighted by Crippen LogP contribution is 2.36. The highest BCUT2D eigenvalue weighted by Gasteiger charge is 2.29. The van der Waals surface area contributed by atoms with Crippen LogP contribution < -0.4 is 14.8 Å². The van der Waals surface area contributed by atoms with Crippen LogP contribution in [0.1, 0.15) is 24.8 Å². The molecule has 1 aliphatic heterocycles. The Hall–Kier alpha value is -3.00. The molecule has 29 heavy (non-hydrogen) atoms. The van der Waals surface area contributed by atoms with Crippen LogP contribution >= 0.6 is 11.8 Å². The predicted molar refractivity (Wildman–Crippen MR) is 109 cm³/mol. The molecule has 5 rings (SSSR count). The Morgan fingerprint density at radius 2 is 1.83 bits per heavy atom. The van der Waals surface area contributed by atoms with Crippen LogP contribution in [0.25, 0.3) is 5.69 Å². The fourth-order valence-corrected chi connectivity index (χ4v) is 3.95. The molecule has 1 aliphatic carbocycles. The zero-order chi connectivity index (χ0) is 19.6. The Morgan fingerprint density at radius 1 is 1.07 bits per heavy atom. The largest absolute Gasteiger partial charge is 0.485 e. The van der Waals surface area contributed by atoms with Crippen LogP contribution in [-0.4, -0.2) is 39.1 Å². The second-order valence-corrected chi connectivity index (χ2v) is 7.95. The number of hydrogen-bond acceptors (Lipinski definition) is 6. The number of para-hydroxylation sites is 3. The first-order valence-corrected chi connectivity index (χ1v) is 10.6. The van der Waals surface area contributed by atoms with Crippen molar-refractivity contribution in [2.75, 3.05) is 12.4 Å². The molecule has 0 radical (unpaired) electrons. The lowest BCUT2D eigenvalue weighted by Gasteiger charge is -2.26. The van der Waals surface area contributed by atoms with Crippen molar-refractivity contribution in [1.82, 2.24) is 20.1 Å². The van der Waals surface area contributed by atoms with Gasteiger partial charge in [-0.2, -0.15) is 0 Å². The molecule has 1 saturated carbocycles. The summed E-state index contributed by atoms with van der Waals surface area (Å²) in [5.41, 5.74) is 0.917. The Kier molecular flexibility index (Phi) is 4.85. The Bertz CT molecular complexity index is 1020. The molecule has 0 saturated heterocycles. The van der Waals surface area contributed by atoms with Crippen molar-refractivity contribution >= 4 is 17.7 Å². The Labute approximate surface area is 172 Å². The summed E-state index contributed by atoms with van der Waals surface area (Å²) in [7, 11) is 0. The standard InChI is InChI=1S/C21H20N4O3S/c26-19(22-14-10-11-14)13-29-21-24-23-20(25(21)15-6-2-1-3-7-15)18-12-27-16-8-4-5-9-17(16)28-18/h1-9,14,18H,10-13H2,(H,22,26)/t18-/m0/s1. The maximum absolute atomic E-state index is 12.1. The summed E-state index contributed by atoms with van der Waals surface area (Å²) in [6, 6.07) is 17.8. The van der Waals surface area contributed by atoms with Gasteiger partial charge in [-0.05, 0) is 37.1 Å². The van der Waals surface area contributed by atoms with E-state index in [1.807, 2.05) is 59.2 Å². The minimum atomic E-state index is -0.396. The van der Waals surface area contributed by atoms with Crippen molar-refractivity contribution in [1.29, 1.82) is 0 Å². The molecule has 2 aromatic carbocycles. The molecule has 148 valence electrons. The zero-order valence-electron chi connectivity index (χ0n) is 15.7. The number of benzene rings is 2. The smallest absolute Gasteiger partial charge is 0.230 e. The van der Waals surface area contributed by atoms with Gasteiger partial charge in [0.15, 0.2) is 28.6 Å². The third kappa shape index (κ3) is 3.93. The second kappa shape index (κ2) is 7.79. The minimum Gasteiger partial charge on any atom is -0.485 e. The molecule has 0 spiro atoms. The monoisotopic (exact) mass is 408 g/mol. The molecule has 0 unspecified atom stereocenters. The molecule has 2 heterocycles. The average Bonchev–Trinajstić information content (AvgIpc) is 3.47. The number of amides is 1. The number of nitrogens with one attached hydrogen (secondary N) is 1. The van der Waals surface area contributed by atoms with Gasteiger partial charge in [0.05, 0.1) is 5.75 Å². The quantitative estimate of drug-likeness (QED) is 0.632. The van der Waals surface area contributed by atoms with Crippen molar-refractivity contribution in [2.24, 2.45) is 0 Å². The fraction of sp³-hybridized carbons (Fsp3) is 0.286. The van der Waals surface area contributed by atoms with E-state index in [0.717, 1.165) is 24.3 Å². The van der Waals surface area contributed by atoms with E-state index in [-0.39, 0.29) is 5.91 Å². The van der Waals surface area contributed by atoms with E-state index < -0.39 is 6.10 Å². The number of rotatable bonds is 6. The number of thioether (sulfide) groups is 1. The van der Waals surface area contributed by atoms with Crippen molar-refractivity contribution in [3.63, 3.8) is 0 Å². The number of carbonyl (C=O) groups is 1. The van der Waals surface area contributed by atoms with Gasteiger partial charge in [0.2, 0.25) is 5.91 Å². The van der Waals surface area contributed by atoms with Crippen LogP contribution in [0.15, 0.2) is 59.8 Å². The van der Waals surface area contributed by atoms with Gasteiger partial charge in [-0.25, -0.2) is 0 Å². The van der Waals surface area contributed by atoms with Crippen LogP contribution in [0, 0.1) is 0 Å². The summed E-state index contributed by atoms with van der Waals surface area (Å²) in [6.07, 6.45) is 1.75. The lowest BCUT2D eigenvalue weighted by molar-refractivity contribution is -0.118. The van der Waals surface area contributed by atoms with Gasteiger partial charge in [0, 0.05) is 11.7 Å². The first-order chi connectivity index (χ1) is 14.3. The Morgan fingerprint density at radius 3 is 2.62 bits per heavy atom. The Balaban J connectivity index is 1.42. The van der Waals surface area contributed by atoms with Crippen LogP contribution in [0.5, 0.6) is 11.5 Å². The molecule has 0 bridgehead atoms. The maximum Gasteiger partial charge on any atom is 0.230 e. The van der Waals surface area contributed by atoms with Crippen molar-refractivity contribution in [3.8, 4) is 17.2 Å². The number of carbonyl (C=O) groups excluding carboxylic acids is 1. The van der Waals surface area contributed by atoms with E-state index in [9.17, 15) is 4.79 Å². The molecule has 7 nitrogen and oxygen atoms in total. The number of aromatic nitrogens is 3. The first-order valence-electron chi connectivity index (χ1n) is 9.59. The normalized spacial score (nSPS) is 17.7. The summed E-state index contributed by atoms with van der Waals surface area (Å²) < 4.78 is 13.9. The van der Waals surface area contributed by atoms with E-state index in [4.69, 9.17) is 9.47 Å². The summed E-state index contributed by atoms with van der Waals surface area (Å²) in [5.74, 6) is 2.38. The van der Waals surface area contributed by atoms with Crippen molar-refractivity contribution in [2.45, 2.75) is 30.1 Å². The predicted octanol–water partition coefficient (Wildman–Crippen LogP) is 3.15. The number of nitrogens with zero attached hydrogens (tertiary/aromatic N) is 3. The zero-order valence-corrected chi connectivity index (χ0v) is 16.5. The van der Waals surface area contributed by atoms with Gasteiger partial charge in [0.1, 0.15) is 6.61 Å². The van der Waals surface area contributed by atoms with E-state index in [1.165, 1.54) is 11.8 Å². The lowest BCUT2D eigenvalue weighted by Crippen LogP contribution is -2.27. The van der Waals surface area contributed by atoms with Crippen molar-refractivity contribution in [3.05, 3.63) is 60.4 Å². The van der Waals surface area contributed by atoms with Gasteiger partial charge < -0.3 is 14.8 Å². The number of ether oxygens (including phenoxy) is 2. The summed E-state index contributed by atoms with van der Waals surface area (Å²) in [4.78, 5) is 12.1. The molecule has 3 aromatic rings. The maximum atomic E-state index is 12.1. The highest BCUT2D eigenvalue weighted by molar-refractivity contribution is 7.99. The van der Waals surface area contributed by atoms with Crippen LogP contribution in [0.2, 0.25) is 0 Å². The molecule has 1 N–H and O–H groups in total. The van der Waals surface area contributed by atoms with E-state index in [2.05, 4.69) is 15.5 Å². The molecular weight excluding hydrogens is 388 g/mol. The van der Waals surface area contributed by atoms with Gasteiger partial charge in [-0.3, -0.25) is 9.36 Å². The van der Waals surface area contributed by atoms with Crippen LogP contribution in [0.4, 0.5) is 0 Å². The second-order valence-electron chi connectivity index (χ2n) is 7.01. The van der Waals surface area contributed by atoms with Gasteiger partial charge in [-0.1, -0.05) is 42.1 Å². The summed E-state index contributed by atoms with van der Waals surface area (Å²) >= 11 is 1.37. The molecule has 8 heteroatoms. The molecule has 1 aromatic heterocycles. The van der Waals surface area contributed by atoms with Gasteiger partial charge >= 0.3 is 0 Å². The average molecular weight is 408 g/mol. The van der Waals surface area contributed by atoms with E-state index >= 15 is 0 Å². The molecule has 1 amide bonds. The third-order valence-electron chi connectivity index (χ3n) is 4.74. The molecule has 2 aliphatic rings. The van der Waals surface area contributed by atoms with Crippen molar-refractivity contribution < 1.29 is 14.3 Å². The van der Waals surface area contributed by atoms with Gasteiger partial charge in [0.25, 0.3) is 0 Å². The third-order valence-corrected chi connectivity index (χ3v) is 5.67.